The summed E-state index contributed by atoms with van der Waals surface area (Å²) in [4.78, 5) is 10.3. The maximum Gasteiger partial charge on any atom is 0.295 e. The van der Waals surface area contributed by atoms with E-state index in [-0.39, 0.29) is 5.69 Å². The van der Waals surface area contributed by atoms with Crippen LogP contribution in [0.15, 0.2) is 12.1 Å². The Morgan fingerprint density at radius 2 is 2.39 bits per heavy atom. The van der Waals surface area contributed by atoms with E-state index in [0.717, 1.165) is 24.0 Å². The molecule has 0 saturated carbocycles. The van der Waals surface area contributed by atoms with E-state index in [1.165, 1.54) is 6.07 Å². The minimum Gasteiger partial charge on any atom is -0.379 e. The lowest BCUT2D eigenvalue weighted by molar-refractivity contribution is -0.384. The predicted molar refractivity (Wildman–Crippen MR) is 71.7 cm³/mol. The summed E-state index contributed by atoms with van der Waals surface area (Å²) < 4.78 is 13.3. The highest BCUT2D eigenvalue weighted by atomic mass is 32.2. The van der Waals surface area contributed by atoms with Gasteiger partial charge in [0.05, 0.1) is 11.0 Å². The lowest BCUT2D eigenvalue weighted by Crippen LogP contribution is -2.14. The van der Waals surface area contributed by atoms with Crippen LogP contribution in [0.25, 0.3) is 0 Å². The molecule has 1 atom stereocenters. The molecule has 18 heavy (non-hydrogen) atoms. The van der Waals surface area contributed by atoms with Gasteiger partial charge in [-0.2, -0.15) is 11.8 Å². The molecule has 1 fully saturated rings. The summed E-state index contributed by atoms with van der Waals surface area (Å²) in [5.41, 5.74) is 0.642. The number of benzene rings is 1. The molecule has 0 spiro atoms. The Kier molecular flexibility index (Phi) is 4.06. The Bertz CT molecular complexity index is 462. The summed E-state index contributed by atoms with van der Waals surface area (Å²) in [5.74, 6) is 2.24. The predicted octanol–water partition coefficient (Wildman–Crippen LogP) is 3.21. The fraction of sp³-hybridized carbons (Fsp3) is 0.500. The Labute approximate surface area is 109 Å². The van der Waals surface area contributed by atoms with Crippen molar-refractivity contribution in [3.05, 3.63) is 33.6 Å². The van der Waals surface area contributed by atoms with Gasteiger partial charge in [0.1, 0.15) is 11.5 Å². The number of thioether (sulfide) groups is 1. The number of nitrogens with zero attached hydrogens (tertiary/aromatic N) is 1. The standard InChI is InChI=1S/C12H15FN2O2S/c1-8-4-11(12(15(16)17)5-10(8)13)14-6-9-2-3-18-7-9/h4-5,9,14H,2-3,6-7H2,1H3. The van der Waals surface area contributed by atoms with Crippen molar-refractivity contribution in [2.75, 3.05) is 23.4 Å². The average molecular weight is 270 g/mol. The van der Waals surface area contributed by atoms with Gasteiger partial charge in [-0.1, -0.05) is 0 Å². The second kappa shape index (κ2) is 5.56. The molecular formula is C12H15FN2O2S. The summed E-state index contributed by atoms with van der Waals surface area (Å²) in [6.07, 6.45) is 1.13. The van der Waals surface area contributed by atoms with Gasteiger partial charge in [0.25, 0.3) is 5.69 Å². The zero-order chi connectivity index (χ0) is 13.1. The monoisotopic (exact) mass is 270 g/mol. The van der Waals surface area contributed by atoms with Gasteiger partial charge >= 0.3 is 0 Å². The highest BCUT2D eigenvalue weighted by Gasteiger charge is 2.19. The second-order valence-electron chi connectivity index (χ2n) is 4.49. The van der Waals surface area contributed by atoms with Crippen molar-refractivity contribution < 1.29 is 9.31 Å². The van der Waals surface area contributed by atoms with Crippen molar-refractivity contribution in [3.8, 4) is 0 Å². The molecule has 2 rings (SSSR count). The molecule has 1 saturated heterocycles. The number of aryl methyl sites for hydroxylation is 1. The summed E-state index contributed by atoms with van der Waals surface area (Å²) in [6.45, 7) is 2.31. The van der Waals surface area contributed by atoms with Gasteiger partial charge in [-0.3, -0.25) is 10.1 Å². The molecule has 1 aromatic rings. The molecule has 0 aliphatic carbocycles. The first kappa shape index (κ1) is 13.1. The molecule has 0 amide bonds. The second-order valence-corrected chi connectivity index (χ2v) is 5.64. The third-order valence-electron chi connectivity index (χ3n) is 3.08. The van der Waals surface area contributed by atoms with Crippen LogP contribution in [0.3, 0.4) is 0 Å². The van der Waals surface area contributed by atoms with Crippen LogP contribution in [-0.2, 0) is 0 Å². The number of nitro benzene ring substituents is 1. The Balaban J connectivity index is 2.14. The summed E-state index contributed by atoms with van der Waals surface area (Å²) >= 11 is 1.90. The van der Waals surface area contributed by atoms with E-state index in [9.17, 15) is 14.5 Å². The SMILES string of the molecule is Cc1cc(NCC2CCSC2)c([N+](=O)[O-])cc1F. The van der Waals surface area contributed by atoms with Gasteiger partial charge in [-0.15, -0.1) is 0 Å². The molecule has 1 N–H and O–H groups in total. The zero-order valence-electron chi connectivity index (χ0n) is 10.1. The van der Waals surface area contributed by atoms with E-state index in [1.807, 2.05) is 11.8 Å². The average Bonchev–Trinajstić information content (AvgIpc) is 2.83. The molecule has 4 nitrogen and oxygen atoms in total. The first-order valence-electron chi connectivity index (χ1n) is 5.84. The number of rotatable bonds is 4. The minimum absolute atomic E-state index is 0.191. The first-order chi connectivity index (χ1) is 8.58. The maximum atomic E-state index is 13.3. The molecule has 1 heterocycles. The molecule has 6 heteroatoms. The van der Waals surface area contributed by atoms with Crippen molar-refractivity contribution in [2.24, 2.45) is 5.92 Å². The van der Waals surface area contributed by atoms with Crippen molar-refractivity contribution in [1.82, 2.24) is 0 Å². The molecule has 1 aromatic carbocycles. The van der Waals surface area contributed by atoms with Crippen molar-refractivity contribution in [3.63, 3.8) is 0 Å². The van der Waals surface area contributed by atoms with Crippen LogP contribution < -0.4 is 5.32 Å². The van der Waals surface area contributed by atoms with Gasteiger partial charge in [0.2, 0.25) is 0 Å². The fourth-order valence-electron chi connectivity index (χ4n) is 1.96. The number of nitrogens with one attached hydrogen (secondary N) is 1. The fourth-order valence-corrected chi connectivity index (χ4v) is 3.25. The van der Waals surface area contributed by atoms with Crippen LogP contribution in [-0.4, -0.2) is 23.0 Å². The van der Waals surface area contributed by atoms with Crippen LogP contribution in [0, 0.1) is 28.8 Å². The van der Waals surface area contributed by atoms with Crippen molar-refractivity contribution in [2.45, 2.75) is 13.3 Å². The van der Waals surface area contributed by atoms with Crippen molar-refractivity contribution >= 4 is 23.1 Å². The smallest absolute Gasteiger partial charge is 0.295 e. The summed E-state index contributed by atoms with van der Waals surface area (Å²) in [6, 6.07) is 2.50. The minimum atomic E-state index is -0.547. The lowest BCUT2D eigenvalue weighted by Gasteiger charge is -2.12. The van der Waals surface area contributed by atoms with E-state index < -0.39 is 10.7 Å². The van der Waals surface area contributed by atoms with E-state index in [0.29, 0.717) is 23.7 Å². The Hall–Kier alpha value is -1.30. The van der Waals surface area contributed by atoms with Gasteiger partial charge in [0.15, 0.2) is 0 Å². The van der Waals surface area contributed by atoms with Crippen LogP contribution in [0.5, 0.6) is 0 Å². The van der Waals surface area contributed by atoms with E-state index in [4.69, 9.17) is 0 Å². The molecule has 0 aromatic heterocycles. The molecule has 0 bridgehead atoms. The maximum absolute atomic E-state index is 13.3. The summed E-state index contributed by atoms with van der Waals surface area (Å²) in [7, 11) is 0. The number of anilines is 1. The van der Waals surface area contributed by atoms with E-state index in [2.05, 4.69) is 5.32 Å². The highest BCUT2D eigenvalue weighted by Crippen LogP contribution is 2.29. The van der Waals surface area contributed by atoms with Crippen LogP contribution >= 0.6 is 11.8 Å². The summed E-state index contributed by atoms with van der Waals surface area (Å²) in [5, 5.41) is 14.0. The number of hydrogen-bond donors (Lipinski definition) is 1. The number of hydrogen-bond acceptors (Lipinski definition) is 4. The van der Waals surface area contributed by atoms with Gasteiger partial charge in [-0.25, -0.2) is 4.39 Å². The number of halogens is 1. The Morgan fingerprint density at radius 3 is 3.00 bits per heavy atom. The van der Waals surface area contributed by atoms with Crippen LogP contribution in [0.1, 0.15) is 12.0 Å². The molecule has 98 valence electrons. The van der Waals surface area contributed by atoms with Crippen LogP contribution in [0.4, 0.5) is 15.8 Å². The molecule has 1 unspecified atom stereocenters. The highest BCUT2D eigenvalue weighted by molar-refractivity contribution is 7.99. The van der Waals surface area contributed by atoms with E-state index >= 15 is 0 Å². The largest absolute Gasteiger partial charge is 0.379 e. The lowest BCUT2D eigenvalue weighted by atomic mass is 10.1. The first-order valence-corrected chi connectivity index (χ1v) is 6.99. The molecule has 1 aliphatic rings. The molecule has 1 aliphatic heterocycles. The van der Waals surface area contributed by atoms with Crippen molar-refractivity contribution in [1.29, 1.82) is 0 Å². The zero-order valence-corrected chi connectivity index (χ0v) is 10.9. The van der Waals surface area contributed by atoms with E-state index in [1.54, 1.807) is 6.92 Å². The van der Waals surface area contributed by atoms with Crippen LogP contribution in [0.2, 0.25) is 0 Å². The normalized spacial score (nSPS) is 18.9. The third-order valence-corrected chi connectivity index (χ3v) is 4.31. The van der Waals surface area contributed by atoms with Gasteiger partial charge in [-0.05, 0) is 42.4 Å². The molecule has 0 radical (unpaired) electrons. The van der Waals surface area contributed by atoms with Gasteiger partial charge in [0, 0.05) is 6.54 Å². The number of nitro groups is 1. The third kappa shape index (κ3) is 2.93. The Morgan fingerprint density at radius 1 is 1.61 bits per heavy atom. The van der Waals surface area contributed by atoms with Gasteiger partial charge < -0.3 is 5.32 Å². The quantitative estimate of drug-likeness (QED) is 0.674. The molecular weight excluding hydrogens is 255 g/mol. The topological polar surface area (TPSA) is 55.2 Å².